The third kappa shape index (κ3) is 2.89. The SMILES string of the molecule is CN(C)c1nc(Cl)c(-c2nccn2CCN2CCOC2=O)s1. The van der Waals surface area contributed by atoms with E-state index < -0.39 is 0 Å². The summed E-state index contributed by atoms with van der Waals surface area (Å²) >= 11 is 7.73. The molecule has 1 saturated heterocycles. The molecule has 9 heteroatoms. The highest BCUT2D eigenvalue weighted by Gasteiger charge is 2.22. The van der Waals surface area contributed by atoms with E-state index in [9.17, 15) is 4.79 Å². The fraction of sp³-hybridized carbons (Fsp3) is 0.462. The van der Waals surface area contributed by atoms with Gasteiger partial charge >= 0.3 is 6.09 Å². The molecular formula is C13H16ClN5O2S. The van der Waals surface area contributed by atoms with Crippen molar-refractivity contribution in [3.63, 3.8) is 0 Å². The minimum Gasteiger partial charge on any atom is -0.448 e. The van der Waals surface area contributed by atoms with Crippen molar-refractivity contribution in [3.8, 4) is 10.7 Å². The van der Waals surface area contributed by atoms with Gasteiger partial charge < -0.3 is 19.1 Å². The molecule has 0 saturated carbocycles. The number of thiazole rings is 1. The van der Waals surface area contributed by atoms with E-state index in [1.54, 1.807) is 11.1 Å². The van der Waals surface area contributed by atoms with E-state index in [0.29, 0.717) is 31.4 Å². The first-order valence-corrected chi connectivity index (χ1v) is 8.02. The minimum atomic E-state index is -0.257. The molecule has 1 amide bonds. The summed E-state index contributed by atoms with van der Waals surface area (Å²) < 4.78 is 6.90. The monoisotopic (exact) mass is 341 g/mol. The first-order chi connectivity index (χ1) is 10.6. The molecule has 0 atom stereocenters. The molecule has 0 spiro atoms. The molecule has 2 aromatic heterocycles. The normalized spacial score (nSPS) is 14.5. The van der Waals surface area contributed by atoms with E-state index >= 15 is 0 Å². The van der Waals surface area contributed by atoms with Crippen LogP contribution in [0.25, 0.3) is 10.7 Å². The van der Waals surface area contributed by atoms with Crippen LogP contribution in [0.15, 0.2) is 12.4 Å². The molecule has 2 aromatic rings. The number of ether oxygens (including phenoxy) is 1. The Morgan fingerprint density at radius 3 is 2.91 bits per heavy atom. The van der Waals surface area contributed by atoms with Crippen LogP contribution < -0.4 is 4.90 Å². The maximum absolute atomic E-state index is 11.5. The van der Waals surface area contributed by atoms with Crippen LogP contribution in [0.5, 0.6) is 0 Å². The number of hydrogen-bond donors (Lipinski definition) is 0. The lowest BCUT2D eigenvalue weighted by molar-refractivity contribution is 0.157. The zero-order chi connectivity index (χ0) is 15.7. The predicted octanol–water partition coefficient (Wildman–Crippen LogP) is 2.18. The van der Waals surface area contributed by atoms with Crippen LogP contribution in [-0.4, -0.2) is 59.3 Å². The van der Waals surface area contributed by atoms with Gasteiger partial charge in [-0.05, 0) is 0 Å². The van der Waals surface area contributed by atoms with E-state index in [1.807, 2.05) is 29.8 Å². The molecule has 22 heavy (non-hydrogen) atoms. The number of rotatable bonds is 5. The average Bonchev–Trinajstić information content (AvgIpc) is 3.16. The van der Waals surface area contributed by atoms with Gasteiger partial charge in [-0.25, -0.2) is 14.8 Å². The number of cyclic esters (lactones) is 1. The van der Waals surface area contributed by atoms with Gasteiger partial charge in [0.15, 0.2) is 16.1 Å². The van der Waals surface area contributed by atoms with Crippen LogP contribution in [0.2, 0.25) is 5.15 Å². The lowest BCUT2D eigenvalue weighted by Gasteiger charge is -2.13. The quantitative estimate of drug-likeness (QED) is 0.834. The number of imidazole rings is 1. The van der Waals surface area contributed by atoms with Gasteiger partial charge in [-0.15, -0.1) is 0 Å². The molecule has 7 nitrogen and oxygen atoms in total. The number of hydrogen-bond acceptors (Lipinski definition) is 6. The maximum atomic E-state index is 11.5. The van der Waals surface area contributed by atoms with Gasteiger partial charge in [0.2, 0.25) is 0 Å². The van der Waals surface area contributed by atoms with Crippen LogP contribution in [0, 0.1) is 0 Å². The highest BCUT2D eigenvalue weighted by Crippen LogP contribution is 2.36. The van der Waals surface area contributed by atoms with E-state index in [0.717, 1.165) is 15.8 Å². The van der Waals surface area contributed by atoms with Crippen molar-refractivity contribution in [1.82, 2.24) is 19.4 Å². The second-order valence-electron chi connectivity index (χ2n) is 5.06. The number of anilines is 1. The molecule has 1 aliphatic heterocycles. The Bertz CT molecular complexity index is 684. The van der Waals surface area contributed by atoms with Gasteiger partial charge in [0, 0.05) is 39.6 Å². The Morgan fingerprint density at radius 1 is 1.45 bits per heavy atom. The number of amides is 1. The number of carbonyl (C=O) groups is 1. The number of aromatic nitrogens is 3. The number of carbonyl (C=O) groups excluding carboxylic acids is 1. The Balaban J connectivity index is 1.78. The van der Waals surface area contributed by atoms with Crippen LogP contribution >= 0.6 is 22.9 Å². The zero-order valence-corrected chi connectivity index (χ0v) is 13.9. The average molecular weight is 342 g/mol. The first-order valence-electron chi connectivity index (χ1n) is 6.83. The van der Waals surface area contributed by atoms with Gasteiger partial charge in [0.1, 0.15) is 11.5 Å². The van der Waals surface area contributed by atoms with Gasteiger partial charge in [0.05, 0.1) is 6.54 Å². The van der Waals surface area contributed by atoms with Gasteiger partial charge in [0.25, 0.3) is 0 Å². The van der Waals surface area contributed by atoms with Crippen molar-refractivity contribution in [1.29, 1.82) is 0 Å². The highest BCUT2D eigenvalue weighted by molar-refractivity contribution is 7.19. The molecule has 0 aliphatic carbocycles. The topological polar surface area (TPSA) is 63.5 Å². The lowest BCUT2D eigenvalue weighted by Crippen LogP contribution is -2.28. The van der Waals surface area contributed by atoms with Crippen LogP contribution in [-0.2, 0) is 11.3 Å². The molecule has 0 N–H and O–H groups in total. The fourth-order valence-electron chi connectivity index (χ4n) is 2.18. The highest BCUT2D eigenvalue weighted by atomic mass is 35.5. The van der Waals surface area contributed by atoms with Crippen molar-refractivity contribution in [2.75, 3.05) is 38.7 Å². The summed E-state index contributed by atoms with van der Waals surface area (Å²) in [4.78, 5) is 24.6. The lowest BCUT2D eigenvalue weighted by atomic mass is 10.4. The van der Waals surface area contributed by atoms with Crippen molar-refractivity contribution >= 4 is 34.2 Å². The second-order valence-corrected chi connectivity index (χ2v) is 6.39. The first kappa shape index (κ1) is 15.1. The summed E-state index contributed by atoms with van der Waals surface area (Å²) in [7, 11) is 3.84. The van der Waals surface area contributed by atoms with Gasteiger partial charge in [-0.2, -0.15) is 0 Å². The van der Waals surface area contributed by atoms with Crippen molar-refractivity contribution in [2.24, 2.45) is 0 Å². The summed E-state index contributed by atoms with van der Waals surface area (Å²) in [6.45, 7) is 2.31. The molecular weight excluding hydrogens is 326 g/mol. The standard InChI is InChI=1S/C13H16ClN5O2S/c1-17(2)12-16-10(14)9(22-12)11-15-3-4-18(11)5-6-19-7-8-21-13(19)20/h3-4H,5-8H2,1-2H3. The second kappa shape index (κ2) is 6.13. The third-order valence-corrected chi connectivity index (χ3v) is 4.94. The number of nitrogens with zero attached hydrogens (tertiary/aromatic N) is 5. The Morgan fingerprint density at radius 2 is 2.27 bits per heavy atom. The van der Waals surface area contributed by atoms with E-state index in [4.69, 9.17) is 16.3 Å². The minimum absolute atomic E-state index is 0.257. The molecule has 0 radical (unpaired) electrons. The van der Waals surface area contributed by atoms with Crippen LogP contribution in [0.1, 0.15) is 0 Å². The summed E-state index contributed by atoms with van der Waals surface area (Å²) in [6.07, 6.45) is 3.35. The largest absolute Gasteiger partial charge is 0.448 e. The molecule has 3 heterocycles. The van der Waals surface area contributed by atoms with Gasteiger partial charge in [-0.3, -0.25) is 0 Å². The predicted molar refractivity (Wildman–Crippen MR) is 85.6 cm³/mol. The molecule has 0 aromatic carbocycles. The number of halogens is 1. The van der Waals surface area contributed by atoms with Crippen LogP contribution in [0.4, 0.5) is 9.93 Å². The molecule has 118 valence electrons. The van der Waals surface area contributed by atoms with Crippen LogP contribution in [0.3, 0.4) is 0 Å². The fourth-order valence-corrected chi connectivity index (χ4v) is 3.40. The maximum Gasteiger partial charge on any atom is 0.410 e. The van der Waals surface area contributed by atoms with E-state index in [2.05, 4.69) is 9.97 Å². The smallest absolute Gasteiger partial charge is 0.410 e. The van der Waals surface area contributed by atoms with E-state index in [-0.39, 0.29) is 6.09 Å². The summed E-state index contributed by atoms with van der Waals surface area (Å²) in [5.41, 5.74) is 0. The summed E-state index contributed by atoms with van der Waals surface area (Å²) in [6, 6.07) is 0. The summed E-state index contributed by atoms with van der Waals surface area (Å²) in [5.74, 6) is 0.767. The zero-order valence-electron chi connectivity index (χ0n) is 12.3. The molecule has 1 fully saturated rings. The molecule has 0 bridgehead atoms. The van der Waals surface area contributed by atoms with Crippen molar-refractivity contribution in [3.05, 3.63) is 17.5 Å². The molecule has 1 aliphatic rings. The Hall–Kier alpha value is -1.80. The Labute approximate surface area is 137 Å². The molecule has 0 unspecified atom stereocenters. The van der Waals surface area contributed by atoms with Crippen molar-refractivity contribution in [2.45, 2.75) is 6.54 Å². The van der Waals surface area contributed by atoms with Gasteiger partial charge in [-0.1, -0.05) is 22.9 Å². The Kier molecular flexibility index (Phi) is 4.21. The van der Waals surface area contributed by atoms with E-state index in [1.165, 1.54) is 11.3 Å². The summed E-state index contributed by atoms with van der Waals surface area (Å²) in [5, 5.41) is 1.28. The van der Waals surface area contributed by atoms with Crippen molar-refractivity contribution < 1.29 is 9.53 Å². The third-order valence-electron chi connectivity index (χ3n) is 3.33. The molecule has 3 rings (SSSR count).